The van der Waals surface area contributed by atoms with Gasteiger partial charge in [-0.05, 0) is 12.0 Å². The van der Waals surface area contributed by atoms with Gasteiger partial charge >= 0.3 is 12.3 Å². The first kappa shape index (κ1) is 15.6. The Hall–Kier alpha value is -1.76. The van der Waals surface area contributed by atoms with Gasteiger partial charge in [0.1, 0.15) is 6.61 Å². The zero-order valence-electron chi connectivity index (χ0n) is 11.2. The maximum absolute atomic E-state index is 12.7. The summed E-state index contributed by atoms with van der Waals surface area (Å²) in [5.74, 6) is -1.61. The molecule has 0 aromatic heterocycles. The van der Waals surface area contributed by atoms with Crippen LogP contribution in [0.3, 0.4) is 0 Å². The van der Waals surface area contributed by atoms with Gasteiger partial charge in [0.25, 0.3) is 0 Å². The fourth-order valence-electron chi connectivity index (χ4n) is 2.35. The highest BCUT2D eigenvalue weighted by Gasteiger charge is 2.49. The monoisotopic (exact) mass is 303 g/mol. The van der Waals surface area contributed by atoms with Crippen LogP contribution in [0.2, 0.25) is 0 Å². The Morgan fingerprint density at radius 1 is 1.33 bits per heavy atom. The zero-order chi connectivity index (χ0) is 15.5. The van der Waals surface area contributed by atoms with Crippen molar-refractivity contribution in [1.29, 1.82) is 0 Å². The Morgan fingerprint density at radius 2 is 2.00 bits per heavy atom. The molecule has 0 spiro atoms. The Kier molecular flexibility index (Phi) is 4.72. The van der Waals surface area contributed by atoms with Crippen LogP contribution in [0.4, 0.5) is 18.0 Å². The summed E-state index contributed by atoms with van der Waals surface area (Å²) in [5.41, 5.74) is 0.748. The molecule has 116 valence electrons. The summed E-state index contributed by atoms with van der Waals surface area (Å²) in [4.78, 5) is 12.8. The number of alkyl halides is 3. The van der Waals surface area contributed by atoms with E-state index >= 15 is 0 Å². The molecule has 0 aliphatic carbocycles. The van der Waals surface area contributed by atoms with Crippen LogP contribution in [0.25, 0.3) is 0 Å². The summed E-state index contributed by atoms with van der Waals surface area (Å²) in [6.45, 7) is -0.986. The van der Waals surface area contributed by atoms with Crippen LogP contribution < -0.4 is 0 Å². The van der Waals surface area contributed by atoms with Gasteiger partial charge in [0.15, 0.2) is 0 Å². The van der Waals surface area contributed by atoms with Crippen molar-refractivity contribution in [3.05, 3.63) is 35.9 Å². The van der Waals surface area contributed by atoms with Crippen LogP contribution in [0.15, 0.2) is 30.3 Å². The van der Waals surface area contributed by atoms with Gasteiger partial charge in [-0.15, -0.1) is 0 Å². The Labute approximate surface area is 120 Å². The molecule has 0 unspecified atom stereocenters. The van der Waals surface area contributed by atoms with Gasteiger partial charge in [-0.1, -0.05) is 30.3 Å². The molecule has 21 heavy (non-hydrogen) atoms. The molecule has 1 aliphatic rings. The smallest absolute Gasteiger partial charge is 0.410 e. The van der Waals surface area contributed by atoms with Gasteiger partial charge in [0.2, 0.25) is 0 Å². The molecule has 1 fully saturated rings. The first-order valence-corrected chi connectivity index (χ1v) is 6.56. The van der Waals surface area contributed by atoms with Crippen molar-refractivity contribution in [1.82, 2.24) is 4.90 Å². The van der Waals surface area contributed by atoms with E-state index in [4.69, 9.17) is 9.84 Å². The van der Waals surface area contributed by atoms with E-state index in [-0.39, 0.29) is 13.0 Å². The number of rotatable bonds is 3. The molecule has 1 aromatic rings. The number of ether oxygens (including phenoxy) is 1. The van der Waals surface area contributed by atoms with E-state index in [0.29, 0.717) is 0 Å². The second-order valence-corrected chi connectivity index (χ2v) is 5.00. The van der Waals surface area contributed by atoms with Crippen molar-refractivity contribution in [2.75, 3.05) is 13.2 Å². The van der Waals surface area contributed by atoms with Crippen LogP contribution in [-0.2, 0) is 11.3 Å². The van der Waals surface area contributed by atoms with E-state index in [0.717, 1.165) is 10.5 Å². The number of halogens is 3. The number of benzene rings is 1. The molecule has 1 aromatic carbocycles. The first-order valence-electron chi connectivity index (χ1n) is 6.56. The fourth-order valence-corrected chi connectivity index (χ4v) is 2.35. The van der Waals surface area contributed by atoms with Gasteiger partial charge in [-0.2, -0.15) is 13.2 Å². The third-order valence-electron chi connectivity index (χ3n) is 3.53. The third-order valence-corrected chi connectivity index (χ3v) is 3.53. The second-order valence-electron chi connectivity index (χ2n) is 5.00. The molecule has 1 N–H and O–H groups in total. The van der Waals surface area contributed by atoms with Crippen LogP contribution in [0.5, 0.6) is 0 Å². The fraction of sp³-hybridized carbons (Fsp3) is 0.500. The topological polar surface area (TPSA) is 49.8 Å². The van der Waals surface area contributed by atoms with E-state index in [1.54, 1.807) is 24.3 Å². The Morgan fingerprint density at radius 3 is 2.57 bits per heavy atom. The molecule has 0 radical (unpaired) electrons. The summed E-state index contributed by atoms with van der Waals surface area (Å²) >= 11 is 0. The van der Waals surface area contributed by atoms with Crippen molar-refractivity contribution in [3.63, 3.8) is 0 Å². The molecular formula is C14H16F3NO3. The molecule has 0 saturated carbocycles. The number of likely N-dealkylation sites (tertiary alicyclic amines) is 1. The molecule has 4 nitrogen and oxygen atoms in total. The number of carbonyl (C=O) groups is 1. The number of amides is 1. The Balaban J connectivity index is 1.95. The normalized spacial score (nSPS) is 22.4. The van der Waals surface area contributed by atoms with Gasteiger partial charge in [0, 0.05) is 6.54 Å². The number of aliphatic hydroxyl groups is 1. The predicted octanol–water partition coefficient (Wildman–Crippen LogP) is 2.57. The highest BCUT2D eigenvalue weighted by Crippen LogP contribution is 2.36. The quantitative estimate of drug-likeness (QED) is 0.933. The standard InChI is InChI=1S/C14H16F3NO3/c15-14(16,17)11-6-12(8-19)18(7-11)13(20)21-9-10-4-2-1-3-5-10/h1-5,11-12,19H,6-9H2/t11-,12-/m1/s1. The van der Waals surface area contributed by atoms with Crippen molar-refractivity contribution in [3.8, 4) is 0 Å². The van der Waals surface area contributed by atoms with Gasteiger partial charge < -0.3 is 14.7 Å². The van der Waals surface area contributed by atoms with Crippen LogP contribution in [0.1, 0.15) is 12.0 Å². The SMILES string of the molecule is O=C(OCc1ccccc1)N1C[C@H](C(F)(F)F)C[C@@H]1CO. The lowest BCUT2D eigenvalue weighted by atomic mass is 10.1. The second kappa shape index (κ2) is 6.34. The number of aliphatic hydroxyl groups excluding tert-OH is 1. The molecule has 2 rings (SSSR count). The molecule has 1 heterocycles. The first-order chi connectivity index (χ1) is 9.91. The summed E-state index contributed by atoms with van der Waals surface area (Å²) in [6.07, 6.45) is -5.49. The molecule has 1 saturated heterocycles. The van der Waals surface area contributed by atoms with Crippen LogP contribution in [0, 0.1) is 5.92 Å². The van der Waals surface area contributed by atoms with E-state index in [2.05, 4.69) is 0 Å². The van der Waals surface area contributed by atoms with E-state index in [1.165, 1.54) is 0 Å². The Bertz CT molecular complexity index is 478. The zero-order valence-corrected chi connectivity index (χ0v) is 11.2. The molecule has 2 atom stereocenters. The van der Waals surface area contributed by atoms with Gasteiger partial charge in [-0.3, -0.25) is 0 Å². The van der Waals surface area contributed by atoms with Crippen molar-refractivity contribution in [2.45, 2.75) is 25.2 Å². The summed E-state index contributed by atoms with van der Waals surface area (Å²) < 4.78 is 43.1. The van der Waals surface area contributed by atoms with Gasteiger partial charge in [0.05, 0.1) is 18.6 Å². The molecule has 1 amide bonds. The third kappa shape index (κ3) is 3.87. The van der Waals surface area contributed by atoms with E-state index in [9.17, 15) is 18.0 Å². The maximum Gasteiger partial charge on any atom is 0.410 e. The minimum Gasteiger partial charge on any atom is -0.445 e. The molecule has 0 bridgehead atoms. The van der Waals surface area contributed by atoms with E-state index < -0.39 is 37.4 Å². The van der Waals surface area contributed by atoms with Crippen molar-refractivity contribution < 1.29 is 27.8 Å². The highest BCUT2D eigenvalue weighted by atomic mass is 19.4. The van der Waals surface area contributed by atoms with Crippen LogP contribution in [-0.4, -0.2) is 41.5 Å². The van der Waals surface area contributed by atoms with E-state index in [1.807, 2.05) is 6.07 Å². The lowest BCUT2D eigenvalue weighted by molar-refractivity contribution is -0.170. The predicted molar refractivity (Wildman–Crippen MR) is 68.4 cm³/mol. The van der Waals surface area contributed by atoms with Gasteiger partial charge in [-0.25, -0.2) is 4.79 Å². The molecular weight excluding hydrogens is 287 g/mol. The summed E-state index contributed by atoms with van der Waals surface area (Å²) in [6, 6.07) is 8.00. The number of hydrogen-bond acceptors (Lipinski definition) is 3. The highest BCUT2D eigenvalue weighted by molar-refractivity contribution is 5.68. The average Bonchev–Trinajstić information content (AvgIpc) is 2.90. The number of hydrogen-bond donors (Lipinski definition) is 1. The summed E-state index contributed by atoms with van der Waals surface area (Å²) in [7, 11) is 0. The maximum atomic E-state index is 12.7. The van der Waals surface area contributed by atoms with Crippen LogP contribution >= 0.6 is 0 Å². The molecule has 7 heteroatoms. The van der Waals surface area contributed by atoms with Crippen molar-refractivity contribution >= 4 is 6.09 Å². The number of carbonyl (C=O) groups excluding carboxylic acids is 1. The number of nitrogens with zero attached hydrogens (tertiary/aromatic N) is 1. The lowest BCUT2D eigenvalue weighted by Gasteiger charge is -2.22. The minimum atomic E-state index is -4.37. The molecule has 1 aliphatic heterocycles. The average molecular weight is 303 g/mol. The summed E-state index contributed by atoms with van der Waals surface area (Å²) in [5, 5.41) is 9.14. The lowest BCUT2D eigenvalue weighted by Crippen LogP contribution is -2.38. The largest absolute Gasteiger partial charge is 0.445 e. The van der Waals surface area contributed by atoms with Crippen molar-refractivity contribution in [2.24, 2.45) is 5.92 Å². The minimum absolute atomic E-state index is 0.00892.